The average molecular weight is 467 g/mol. The first-order valence-corrected chi connectivity index (χ1v) is 11.6. The van der Waals surface area contributed by atoms with Crippen LogP contribution in [0.5, 0.6) is 11.5 Å². The number of phenolic OH excluding ortho intramolecular Hbond substituents is 1. The van der Waals surface area contributed by atoms with Gasteiger partial charge < -0.3 is 25.4 Å². The van der Waals surface area contributed by atoms with Gasteiger partial charge in [-0.15, -0.1) is 0 Å². The lowest BCUT2D eigenvalue weighted by atomic mass is 9.86. The Morgan fingerprint density at radius 3 is 2.59 bits per heavy atom. The van der Waals surface area contributed by atoms with Gasteiger partial charge in [-0.3, -0.25) is 19.4 Å². The lowest BCUT2D eigenvalue weighted by molar-refractivity contribution is -0.125. The number of benzene rings is 1. The quantitative estimate of drug-likeness (QED) is 0.567. The Labute approximate surface area is 198 Å². The van der Waals surface area contributed by atoms with E-state index in [1.54, 1.807) is 35.5 Å². The molecule has 2 aromatic rings. The van der Waals surface area contributed by atoms with Gasteiger partial charge in [-0.1, -0.05) is 0 Å². The SMILES string of the molecule is COc1ccc(O)c(C(=O)N2CCC(C(=O)C[C@@H]3CNC[C@H]3NC(=O)c3ccncc3)CC2)c1. The van der Waals surface area contributed by atoms with E-state index in [4.69, 9.17) is 4.74 Å². The third kappa shape index (κ3) is 5.36. The molecule has 2 aliphatic rings. The van der Waals surface area contributed by atoms with E-state index < -0.39 is 0 Å². The molecule has 3 heterocycles. The van der Waals surface area contributed by atoms with Crippen LogP contribution in [0.1, 0.15) is 40.0 Å². The molecule has 2 aliphatic heterocycles. The summed E-state index contributed by atoms with van der Waals surface area (Å²) in [6.07, 6.45) is 4.72. The smallest absolute Gasteiger partial charge is 0.257 e. The lowest BCUT2D eigenvalue weighted by Crippen LogP contribution is -2.43. The van der Waals surface area contributed by atoms with Crippen LogP contribution in [0.25, 0.3) is 0 Å². The van der Waals surface area contributed by atoms with Crippen molar-refractivity contribution in [3.63, 3.8) is 0 Å². The minimum Gasteiger partial charge on any atom is -0.507 e. The Hall–Kier alpha value is -3.46. The Kier molecular flexibility index (Phi) is 7.42. The van der Waals surface area contributed by atoms with E-state index in [-0.39, 0.29) is 46.8 Å². The number of piperidine rings is 1. The van der Waals surface area contributed by atoms with E-state index in [1.165, 1.54) is 19.2 Å². The van der Waals surface area contributed by atoms with Crippen LogP contribution in [0.3, 0.4) is 0 Å². The molecular weight excluding hydrogens is 436 g/mol. The first-order chi connectivity index (χ1) is 16.5. The number of nitrogens with zero attached hydrogens (tertiary/aromatic N) is 2. The van der Waals surface area contributed by atoms with E-state index in [1.807, 2.05) is 0 Å². The minimum absolute atomic E-state index is 0.0340. The number of methoxy groups -OCH3 is 1. The highest BCUT2D eigenvalue weighted by molar-refractivity contribution is 5.97. The van der Waals surface area contributed by atoms with Gasteiger partial charge in [-0.2, -0.15) is 0 Å². The van der Waals surface area contributed by atoms with Crippen LogP contribution in [0, 0.1) is 11.8 Å². The molecule has 0 aliphatic carbocycles. The first-order valence-electron chi connectivity index (χ1n) is 11.6. The van der Waals surface area contributed by atoms with Gasteiger partial charge in [-0.25, -0.2) is 0 Å². The molecule has 0 spiro atoms. The highest BCUT2D eigenvalue weighted by atomic mass is 16.5. The maximum Gasteiger partial charge on any atom is 0.257 e. The number of rotatable bonds is 7. The number of hydrogen-bond acceptors (Lipinski definition) is 7. The molecule has 3 N–H and O–H groups in total. The predicted molar refractivity (Wildman–Crippen MR) is 125 cm³/mol. The third-order valence-electron chi connectivity index (χ3n) is 6.73. The Bertz CT molecular complexity index is 1040. The Balaban J connectivity index is 1.29. The number of carbonyl (C=O) groups is 3. The molecule has 0 radical (unpaired) electrons. The highest BCUT2D eigenvalue weighted by Crippen LogP contribution is 2.28. The zero-order valence-corrected chi connectivity index (χ0v) is 19.2. The summed E-state index contributed by atoms with van der Waals surface area (Å²) in [6, 6.07) is 7.80. The topological polar surface area (TPSA) is 121 Å². The number of pyridine rings is 1. The standard InChI is InChI=1S/C25H30N4O5/c1-34-19-2-3-22(30)20(13-19)25(33)29-10-6-16(7-11-29)23(31)12-18-14-27-15-21(18)28-24(32)17-4-8-26-9-5-17/h2-5,8-9,13,16,18,21,27,30H,6-7,10-12,14-15H2,1H3,(H,28,32)/t18-,21-/m1/s1. The largest absolute Gasteiger partial charge is 0.507 e. The maximum atomic E-state index is 13.0. The molecule has 4 rings (SSSR count). The zero-order chi connectivity index (χ0) is 24.1. The summed E-state index contributed by atoms with van der Waals surface area (Å²) in [4.78, 5) is 44.0. The molecule has 0 unspecified atom stereocenters. The molecular formula is C25H30N4O5. The maximum absolute atomic E-state index is 13.0. The molecule has 180 valence electrons. The van der Waals surface area contributed by atoms with Crippen LogP contribution in [-0.4, -0.2) is 71.9 Å². The minimum atomic E-state index is -0.263. The van der Waals surface area contributed by atoms with Crippen molar-refractivity contribution < 1.29 is 24.2 Å². The molecule has 34 heavy (non-hydrogen) atoms. The first kappa shape index (κ1) is 23.7. The number of phenols is 1. The molecule has 2 atom stereocenters. The van der Waals surface area contributed by atoms with Gasteiger partial charge in [0, 0.05) is 62.5 Å². The van der Waals surface area contributed by atoms with Crippen LogP contribution < -0.4 is 15.4 Å². The molecule has 2 amide bonds. The van der Waals surface area contributed by atoms with E-state index in [9.17, 15) is 19.5 Å². The second kappa shape index (κ2) is 10.6. The van der Waals surface area contributed by atoms with Crippen molar-refractivity contribution in [2.24, 2.45) is 11.8 Å². The number of carbonyl (C=O) groups excluding carboxylic acids is 3. The number of aromatic nitrogens is 1. The molecule has 2 fully saturated rings. The van der Waals surface area contributed by atoms with Gasteiger partial charge in [0.25, 0.3) is 11.8 Å². The van der Waals surface area contributed by atoms with Crippen LogP contribution >= 0.6 is 0 Å². The van der Waals surface area contributed by atoms with E-state index in [2.05, 4.69) is 15.6 Å². The molecule has 0 bridgehead atoms. The summed E-state index contributed by atoms with van der Waals surface area (Å²) in [5.41, 5.74) is 0.750. The number of amides is 2. The Morgan fingerprint density at radius 1 is 1.15 bits per heavy atom. The van der Waals surface area contributed by atoms with Crippen molar-refractivity contribution in [2.45, 2.75) is 25.3 Å². The molecule has 0 saturated carbocycles. The summed E-state index contributed by atoms with van der Waals surface area (Å²) >= 11 is 0. The summed E-state index contributed by atoms with van der Waals surface area (Å²) in [5, 5.41) is 16.4. The normalized spacial score (nSPS) is 20.7. The van der Waals surface area contributed by atoms with Crippen LogP contribution in [0.4, 0.5) is 0 Å². The highest BCUT2D eigenvalue weighted by Gasteiger charge is 2.34. The third-order valence-corrected chi connectivity index (χ3v) is 6.73. The summed E-state index contributed by atoms with van der Waals surface area (Å²) in [6.45, 7) is 2.22. The summed E-state index contributed by atoms with van der Waals surface area (Å²) < 4.78 is 5.16. The van der Waals surface area contributed by atoms with Crippen molar-refractivity contribution >= 4 is 17.6 Å². The van der Waals surface area contributed by atoms with Crippen molar-refractivity contribution in [1.82, 2.24) is 20.5 Å². The molecule has 1 aromatic carbocycles. The number of hydrogen-bond donors (Lipinski definition) is 3. The lowest BCUT2D eigenvalue weighted by Gasteiger charge is -2.32. The number of ketones is 1. The van der Waals surface area contributed by atoms with Gasteiger partial charge >= 0.3 is 0 Å². The number of ether oxygens (including phenoxy) is 1. The van der Waals surface area contributed by atoms with Crippen molar-refractivity contribution in [2.75, 3.05) is 33.3 Å². The van der Waals surface area contributed by atoms with E-state index >= 15 is 0 Å². The fourth-order valence-corrected chi connectivity index (χ4v) is 4.68. The Morgan fingerprint density at radius 2 is 1.88 bits per heavy atom. The second-order valence-electron chi connectivity index (χ2n) is 8.85. The van der Waals surface area contributed by atoms with Crippen LogP contribution in [0.15, 0.2) is 42.7 Å². The number of nitrogens with one attached hydrogen (secondary N) is 2. The zero-order valence-electron chi connectivity index (χ0n) is 19.2. The average Bonchev–Trinajstić information content (AvgIpc) is 3.30. The van der Waals surface area contributed by atoms with Crippen LogP contribution in [-0.2, 0) is 4.79 Å². The molecule has 9 heteroatoms. The number of Topliss-reactive ketones (excluding diaryl/α,β-unsaturated/α-hetero) is 1. The molecule has 1 aromatic heterocycles. The van der Waals surface area contributed by atoms with Gasteiger partial charge in [0.1, 0.15) is 17.3 Å². The van der Waals surface area contributed by atoms with Gasteiger partial charge in [0.15, 0.2) is 0 Å². The fraction of sp³-hybridized carbons (Fsp3) is 0.440. The second-order valence-corrected chi connectivity index (χ2v) is 8.85. The summed E-state index contributed by atoms with van der Waals surface area (Å²) in [7, 11) is 1.51. The fourth-order valence-electron chi connectivity index (χ4n) is 4.68. The van der Waals surface area contributed by atoms with Crippen LogP contribution in [0.2, 0.25) is 0 Å². The molecule has 9 nitrogen and oxygen atoms in total. The van der Waals surface area contributed by atoms with Crippen molar-refractivity contribution in [1.29, 1.82) is 0 Å². The van der Waals surface area contributed by atoms with E-state index in [0.29, 0.717) is 56.8 Å². The van der Waals surface area contributed by atoms with Gasteiger partial charge in [-0.05, 0) is 49.1 Å². The summed E-state index contributed by atoms with van der Waals surface area (Å²) in [5.74, 6) is 0.0851. The van der Waals surface area contributed by atoms with Crippen molar-refractivity contribution in [3.8, 4) is 11.5 Å². The molecule has 2 saturated heterocycles. The van der Waals surface area contributed by atoms with Gasteiger partial charge in [0.2, 0.25) is 0 Å². The predicted octanol–water partition coefficient (Wildman–Crippen LogP) is 1.63. The van der Waals surface area contributed by atoms with Gasteiger partial charge in [0.05, 0.1) is 12.7 Å². The van der Waals surface area contributed by atoms with Crippen molar-refractivity contribution in [3.05, 3.63) is 53.9 Å². The number of likely N-dealkylation sites (tertiary alicyclic amines) is 1. The monoisotopic (exact) mass is 466 g/mol. The number of aromatic hydroxyl groups is 1. The van der Waals surface area contributed by atoms with E-state index in [0.717, 1.165) is 0 Å².